The molecule has 0 spiro atoms. The number of aromatic nitrogens is 1. The van der Waals surface area contributed by atoms with Crippen LogP contribution in [0.4, 0.5) is 4.79 Å². The third-order valence-electron chi connectivity index (χ3n) is 1.59. The van der Waals surface area contributed by atoms with Crippen LogP contribution >= 0.6 is 11.3 Å². The molecule has 1 heterocycles. The number of nitrogens with zero attached hydrogens (tertiary/aromatic N) is 2. The van der Waals surface area contributed by atoms with Crippen LogP contribution in [0.1, 0.15) is 5.01 Å². The molecule has 0 unspecified atom stereocenters. The van der Waals surface area contributed by atoms with Crippen LogP contribution in [0, 0.1) is 0 Å². The Morgan fingerprint density at radius 2 is 2.40 bits per heavy atom. The van der Waals surface area contributed by atoms with Gasteiger partial charge in [0.05, 0.1) is 6.54 Å². The number of carbonyl (C=O) groups is 2. The second-order valence-corrected chi connectivity index (χ2v) is 3.81. The number of hydrogen-bond donors (Lipinski definition) is 2. The Balaban J connectivity index is 2.32. The van der Waals surface area contributed by atoms with E-state index in [-0.39, 0.29) is 6.54 Å². The molecule has 1 rings (SSSR count). The van der Waals surface area contributed by atoms with Gasteiger partial charge in [-0.3, -0.25) is 4.79 Å². The largest absolute Gasteiger partial charge is 0.480 e. The number of likely N-dealkylation sites (N-methyl/N-ethyl adjacent to an activating group) is 1. The van der Waals surface area contributed by atoms with Crippen LogP contribution in [0.2, 0.25) is 0 Å². The van der Waals surface area contributed by atoms with Crippen LogP contribution < -0.4 is 5.32 Å². The lowest BCUT2D eigenvalue weighted by Crippen LogP contribution is -2.39. The molecular formula is C8H11N3O3S. The van der Waals surface area contributed by atoms with Crippen LogP contribution in [0.3, 0.4) is 0 Å². The number of carboxylic acids is 1. The molecular weight excluding hydrogens is 218 g/mol. The van der Waals surface area contributed by atoms with Gasteiger partial charge >= 0.3 is 12.0 Å². The summed E-state index contributed by atoms with van der Waals surface area (Å²) in [4.78, 5) is 26.7. The normalized spacial score (nSPS) is 9.67. The average Bonchev–Trinajstić information content (AvgIpc) is 2.65. The van der Waals surface area contributed by atoms with Gasteiger partial charge in [0.25, 0.3) is 0 Å². The van der Waals surface area contributed by atoms with Gasteiger partial charge < -0.3 is 15.3 Å². The highest BCUT2D eigenvalue weighted by Crippen LogP contribution is 2.02. The van der Waals surface area contributed by atoms with E-state index < -0.39 is 12.0 Å². The number of rotatable bonds is 4. The highest BCUT2D eigenvalue weighted by atomic mass is 32.1. The van der Waals surface area contributed by atoms with E-state index in [1.54, 1.807) is 6.20 Å². The van der Waals surface area contributed by atoms with Crippen LogP contribution in [-0.4, -0.2) is 40.6 Å². The zero-order chi connectivity index (χ0) is 11.3. The van der Waals surface area contributed by atoms with Gasteiger partial charge in [-0.05, 0) is 0 Å². The number of carbonyl (C=O) groups excluding carboxylic acids is 1. The molecule has 15 heavy (non-hydrogen) atoms. The van der Waals surface area contributed by atoms with Gasteiger partial charge in [0.15, 0.2) is 0 Å². The van der Waals surface area contributed by atoms with Gasteiger partial charge in [-0.25, -0.2) is 9.78 Å². The molecule has 82 valence electrons. The van der Waals surface area contributed by atoms with Crippen molar-refractivity contribution in [2.24, 2.45) is 0 Å². The standard InChI is InChI=1S/C8H11N3O3S/c1-11(5-7(12)13)8(14)10-4-6-9-2-3-15-6/h2-3H,4-5H2,1H3,(H,10,14)(H,12,13). The van der Waals surface area contributed by atoms with E-state index in [0.29, 0.717) is 6.54 Å². The van der Waals surface area contributed by atoms with Crippen molar-refractivity contribution in [3.63, 3.8) is 0 Å². The number of aliphatic carboxylic acids is 1. The van der Waals surface area contributed by atoms with E-state index in [1.807, 2.05) is 5.38 Å². The summed E-state index contributed by atoms with van der Waals surface area (Å²) in [6.07, 6.45) is 1.65. The van der Waals surface area contributed by atoms with Crippen molar-refractivity contribution in [2.45, 2.75) is 6.54 Å². The predicted molar refractivity (Wildman–Crippen MR) is 54.6 cm³/mol. The molecule has 0 fully saturated rings. The maximum absolute atomic E-state index is 11.3. The van der Waals surface area contributed by atoms with Crippen LogP contribution in [-0.2, 0) is 11.3 Å². The lowest BCUT2D eigenvalue weighted by Gasteiger charge is -2.14. The Labute approximate surface area is 90.5 Å². The summed E-state index contributed by atoms with van der Waals surface area (Å²) in [6.45, 7) is 0.00413. The van der Waals surface area contributed by atoms with Crippen molar-refractivity contribution in [1.82, 2.24) is 15.2 Å². The molecule has 0 atom stereocenters. The molecule has 0 bridgehead atoms. The molecule has 0 aliphatic carbocycles. The van der Waals surface area contributed by atoms with E-state index in [4.69, 9.17) is 5.11 Å². The zero-order valence-electron chi connectivity index (χ0n) is 8.14. The van der Waals surface area contributed by atoms with Crippen molar-refractivity contribution in [3.05, 3.63) is 16.6 Å². The predicted octanol–water partition coefficient (Wildman–Crippen LogP) is 0.369. The van der Waals surface area contributed by atoms with Gasteiger partial charge in [0.2, 0.25) is 0 Å². The van der Waals surface area contributed by atoms with Gasteiger partial charge in [-0.1, -0.05) is 0 Å². The van der Waals surface area contributed by atoms with E-state index in [2.05, 4.69) is 10.3 Å². The first-order chi connectivity index (χ1) is 7.09. The van der Waals surface area contributed by atoms with Gasteiger partial charge in [-0.15, -0.1) is 11.3 Å². The minimum Gasteiger partial charge on any atom is -0.480 e. The summed E-state index contributed by atoms with van der Waals surface area (Å²) < 4.78 is 0. The third kappa shape index (κ3) is 3.94. The third-order valence-corrected chi connectivity index (χ3v) is 2.37. The Hall–Kier alpha value is -1.63. The molecule has 6 nitrogen and oxygen atoms in total. The van der Waals surface area contributed by atoms with E-state index >= 15 is 0 Å². The summed E-state index contributed by atoms with van der Waals surface area (Å²) in [5.74, 6) is -1.04. The topological polar surface area (TPSA) is 82.5 Å². The maximum atomic E-state index is 11.3. The second kappa shape index (κ2) is 5.30. The highest BCUT2D eigenvalue weighted by molar-refractivity contribution is 7.09. The maximum Gasteiger partial charge on any atom is 0.323 e. The Kier molecular flexibility index (Phi) is 4.04. The van der Waals surface area contributed by atoms with Crippen molar-refractivity contribution >= 4 is 23.3 Å². The average molecular weight is 229 g/mol. The smallest absolute Gasteiger partial charge is 0.323 e. The fraction of sp³-hybridized carbons (Fsp3) is 0.375. The summed E-state index contributed by atoms with van der Waals surface area (Å²) in [6, 6.07) is -0.424. The molecule has 1 aromatic heterocycles. The van der Waals surface area contributed by atoms with Crippen molar-refractivity contribution in [2.75, 3.05) is 13.6 Å². The van der Waals surface area contributed by atoms with E-state index in [9.17, 15) is 9.59 Å². The fourth-order valence-corrected chi connectivity index (χ4v) is 1.46. The molecule has 0 saturated carbocycles. The van der Waals surface area contributed by atoms with Crippen molar-refractivity contribution < 1.29 is 14.7 Å². The quantitative estimate of drug-likeness (QED) is 0.781. The molecule has 2 amide bonds. The Bertz CT molecular complexity index is 339. The lowest BCUT2D eigenvalue weighted by molar-refractivity contribution is -0.137. The van der Waals surface area contributed by atoms with Crippen molar-refractivity contribution in [3.8, 4) is 0 Å². The monoisotopic (exact) mass is 229 g/mol. The molecule has 0 aliphatic rings. The zero-order valence-corrected chi connectivity index (χ0v) is 8.95. The van der Waals surface area contributed by atoms with Crippen LogP contribution in [0.5, 0.6) is 0 Å². The molecule has 1 aromatic rings. The van der Waals surface area contributed by atoms with Gasteiger partial charge in [0.1, 0.15) is 11.6 Å². The first-order valence-electron chi connectivity index (χ1n) is 4.18. The number of hydrogen-bond acceptors (Lipinski definition) is 4. The summed E-state index contributed by atoms with van der Waals surface area (Å²) in [5.41, 5.74) is 0. The molecule has 7 heteroatoms. The Morgan fingerprint density at radius 1 is 1.67 bits per heavy atom. The van der Waals surface area contributed by atoms with Crippen molar-refractivity contribution in [1.29, 1.82) is 0 Å². The number of urea groups is 1. The molecule has 2 N–H and O–H groups in total. The van der Waals surface area contributed by atoms with Crippen LogP contribution in [0.25, 0.3) is 0 Å². The highest BCUT2D eigenvalue weighted by Gasteiger charge is 2.11. The number of amides is 2. The SMILES string of the molecule is CN(CC(=O)O)C(=O)NCc1nccs1. The molecule has 0 radical (unpaired) electrons. The minimum absolute atomic E-state index is 0.316. The van der Waals surface area contributed by atoms with Gasteiger partial charge in [0, 0.05) is 18.6 Å². The van der Waals surface area contributed by atoms with E-state index in [0.717, 1.165) is 9.91 Å². The molecule has 0 aliphatic heterocycles. The second-order valence-electron chi connectivity index (χ2n) is 2.83. The number of carboxylic acid groups (broad SMARTS) is 1. The minimum atomic E-state index is -1.04. The van der Waals surface area contributed by atoms with Crippen LogP contribution in [0.15, 0.2) is 11.6 Å². The molecule has 0 saturated heterocycles. The number of thiazole rings is 1. The first-order valence-corrected chi connectivity index (χ1v) is 5.06. The number of nitrogens with one attached hydrogen (secondary N) is 1. The summed E-state index contributed by atoms with van der Waals surface area (Å²) >= 11 is 1.43. The van der Waals surface area contributed by atoms with Gasteiger partial charge in [-0.2, -0.15) is 0 Å². The first kappa shape index (κ1) is 11.4. The summed E-state index contributed by atoms with van der Waals surface area (Å²) in [5, 5.41) is 13.6. The lowest BCUT2D eigenvalue weighted by atomic mass is 10.5. The summed E-state index contributed by atoms with van der Waals surface area (Å²) in [7, 11) is 1.42. The Morgan fingerprint density at radius 3 is 2.93 bits per heavy atom. The fourth-order valence-electron chi connectivity index (χ4n) is 0.901. The van der Waals surface area contributed by atoms with E-state index in [1.165, 1.54) is 18.4 Å². The molecule has 0 aromatic carbocycles.